The van der Waals surface area contributed by atoms with Gasteiger partial charge in [0.25, 0.3) is 5.91 Å². The predicted octanol–water partition coefficient (Wildman–Crippen LogP) is 3.54. The van der Waals surface area contributed by atoms with E-state index in [4.69, 9.17) is 9.15 Å². The summed E-state index contributed by atoms with van der Waals surface area (Å²) < 4.78 is 26.7. The Morgan fingerprint density at radius 3 is 2.69 bits per heavy atom. The van der Waals surface area contributed by atoms with Crippen molar-refractivity contribution in [2.45, 2.75) is 38.5 Å². The summed E-state index contributed by atoms with van der Waals surface area (Å²) in [5, 5.41) is 11.1. The quantitative estimate of drug-likeness (QED) is 0.405. The molecule has 10 heteroatoms. The maximum Gasteiger partial charge on any atom is 0.251 e. The molecule has 0 radical (unpaired) electrons. The summed E-state index contributed by atoms with van der Waals surface area (Å²) >= 11 is 0. The molecule has 2 aromatic heterocycles. The van der Waals surface area contributed by atoms with Crippen LogP contribution in [0.1, 0.15) is 30.4 Å². The standard InChI is InChI=1S/C26H26FN5O4/c1-17-8-13-23(36-17)25(26(34)28-15-20-5-4-14-35-20)32(19-11-9-18(27)10-12-19)24(33)16-31-22-7-3-2-6-21(22)29-30-31/h2-3,6-13,20,25H,4-5,14-16H2,1H3,(H,28,34)/t20-,25+/m1/s1. The number of amides is 2. The number of anilines is 1. The Bertz CT molecular complexity index is 1360. The molecule has 1 N–H and O–H groups in total. The number of fused-ring (bicyclic) bond motifs is 1. The van der Waals surface area contributed by atoms with E-state index in [1.165, 1.54) is 33.8 Å². The smallest absolute Gasteiger partial charge is 0.251 e. The van der Waals surface area contributed by atoms with Crippen molar-refractivity contribution in [1.82, 2.24) is 20.3 Å². The molecule has 0 saturated carbocycles. The zero-order valence-electron chi connectivity index (χ0n) is 19.8. The lowest BCUT2D eigenvalue weighted by Gasteiger charge is -2.30. The highest BCUT2D eigenvalue weighted by molar-refractivity contribution is 6.01. The molecule has 0 aliphatic carbocycles. The number of furan rings is 1. The molecule has 0 spiro atoms. The SMILES string of the molecule is Cc1ccc([C@@H](C(=O)NC[C@H]2CCCO2)N(C(=O)Cn2nnc3ccccc32)c2ccc(F)cc2)o1. The molecule has 2 amide bonds. The number of benzene rings is 2. The first-order chi connectivity index (χ1) is 17.5. The Morgan fingerprint density at radius 1 is 1.17 bits per heavy atom. The van der Waals surface area contributed by atoms with Crippen molar-refractivity contribution in [3.63, 3.8) is 0 Å². The van der Waals surface area contributed by atoms with E-state index in [1.54, 1.807) is 25.1 Å². The number of para-hydroxylation sites is 1. The van der Waals surface area contributed by atoms with Gasteiger partial charge in [0.15, 0.2) is 6.04 Å². The van der Waals surface area contributed by atoms with Crippen LogP contribution in [0.5, 0.6) is 0 Å². The third-order valence-electron chi connectivity index (χ3n) is 6.14. The van der Waals surface area contributed by atoms with Crippen LogP contribution in [-0.4, -0.2) is 46.1 Å². The van der Waals surface area contributed by atoms with Crippen molar-refractivity contribution in [2.75, 3.05) is 18.1 Å². The van der Waals surface area contributed by atoms with Crippen molar-refractivity contribution in [3.05, 3.63) is 78.0 Å². The Kier molecular flexibility index (Phi) is 6.77. The summed E-state index contributed by atoms with van der Waals surface area (Å²) in [6, 6.07) is 15.0. The van der Waals surface area contributed by atoms with Gasteiger partial charge in [0.05, 0.1) is 11.6 Å². The summed E-state index contributed by atoms with van der Waals surface area (Å²) in [4.78, 5) is 28.7. The molecule has 1 fully saturated rings. The zero-order valence-corrected chi connectivity index (χ0v) is 19.8. The number of hydrogen-bond donors (Lipinski definition) is 1. The van der Waals surface area contributed by atoms with Gasteiger partial charge in [0.1, 0.15) is 29.4 Å². The largest absolute Gasteiger partial charge is 0.464 e. The summed E-state index contributed by atoms with van der Waals surface area (Å²) in [5.41, 5.74) is 1.67. The first-order valence-electron chi connectivity index (χ1n) is 11.8. The van der Waals surface area contributed by atoms with Crippen LogP contribution in [0.25, 0.3) is 11.0 Å². The molecule has 1 aliphatic rings. The van der Waals surface area contributed by atoms with Gasteiger partial charge in [-0.1, -0.05) is 17.3 Å². The molecule has 1 aliphatic heterocycles. The zero-order chi connectivity index (χ0) is 25.1. The van der Waals surface area contributed by atoms with E-state index < -0.39 is 23.7 Å². The summed E-state index contributed by atoms with van der Waals surface area (Å²) in [6.07, 6.45) is 1.71. The number of aryl methyl sites for hydroxylation is 1. The fraction of sp³-hybridized carbons (Fsp3) is 0.308. The van der Waals surface area contributed by atoms with Crippen LogP contribution in [-0.2, 0) is 20.9 Å². The second kappa shape index (κ2) is 10.3. The highest BCUT2D eigenvalue weighted by atomic mass is 19.1. The molecule has 3 heterocycles. The number of nitrogens with zero attached hydrogens (tertiary/aromatic N) is 4. The van der Waals surface area contributed by atoms with Crippen LogP contribution in [0.15, 0.2) is 65.1 Å². The van der Waals surface area contributed by atoms with Gasteiger partial charge in [0, 0.05) is 18.8 Å². The van der Waals surface area contributed by atoms with E-state index in [0.717, 1.165) is 12.8 Å². The monoisotopic (exact) mass is 491 g/mol. The normalized spacial score (nSPS) is 16.2. The number of carbonyl (C=O) groups is 2. The summed E-state index contributed by atoms with van der Waals surface area (Å²) in [7, 11) is 0. The first kappa shape index (κ1) is 23.7. The molecule has 1 saturated heterocycles. The highest BCUT2D eigenvalue weighted by Gasteiger charge is 2.36. The minimum Gasteiger partial charge on any atom is -0.464 e. The highest BCUT2D eigenvalue weighted by Crippen LogP contribution is 2.30. The number of ether oxygens (including phenoxy) is 1. The van der Waals surface area contributed by atoms with E-state index >= 15 is 0 Å². The van der Waals surface area contributed by atoms with Crippen LogP contribution in [0.4, 0.5) is 10.1 Å². The lowest BCUT2D eigenvalue weighted by Crippen LogP contribution is -2.46. The van der Waals surface area contributed by atoms with Gasteiger partial charge in [-0.3, -0.25) is 14.5 Å². The third-order valence-corrected chi connectivity index (χ3v) is 6.14. The molecule has 186 valence electrons. The van der Waals surface area contributed by atoms with Gasteiger partial charge in [-0.15, -0.1) is 5.10 Å². The topological polar surface area (TPSA) is 102 Å². The molecule has 0 unspecified atom stereocenters. The summed E-state index contributed by atoms with van der Waals surface area (Å²) in [5.74, 6) is -0.444. The number of aromatic nitrogens is 3. The van der Waals surface area contributed by atoms with Crippen LogP contribution in [0.3, 0.4) is 0 Å². The van der Waals surface area contributed by atoms with Crippen molar-refractivity contribution < 1.29 is 23.1 Å². The molecule has 0 bridgehead atoms. The van der Waals surface area contributed by atoms with Crippen LogP contribution in [0, 0.1) is 12.7 Å². The number of carbonyl (C=O) groups excluding carboxylic acids is 2. The Hall–Kier alpha value is -4.05. The van der Waals surface area contributed by atoms with Gasteiger partial charge < -0.3 is 14.5 Å². The van der Waals surface area contributed by atoms with E-state index in [2.05, 4.69) is 15.6 Å². The number of nitrogens with one attached hydrogen (secondary N) is 1. The fourth-order valence-corrected chi connectivity index (χ4v) is 4.37. The van der Waals surface area contributed by atoms with Crippen molar-refractivity contribution in [2.24, 2.45) is 0 Å². The average Bonchev–Trinajstić information content (AvgIpc) is 3.64. The molecule has 9 nitrogen and oxygen atoms in total. The third kappa shape index (κ3) is 4.99. The van der Waals surface area contributed by atoms with E-state index in [-0.39, 0.29) is 12.6 Å². The van der Waals surface area contributed by atoms with E-state index in [1.807, 2.05) is 18.2 Å². The fourth-order valence-electron chi connectivity index (χ4n) is 4.37. The van der Waals surface area contributed by atoms with Crippen molar-refractivity contribution in [3.8, 4) is 0 Å². The Balaban J connectivity index is 1.51. The average molecular weight is 492 g/mol. The lowest BCUT2D eigenvalue weighted by atomic mass is 10.1. The minimum atomic E-state index is -1.13. The molecular formula is C26H26FN5O4. The maximum absolute atomic E-state index is 13.8. The molecule has 2 aromatic carbocycles. The van der Waals surface area contributed by atoms with Crippen molar-refractivity contribution >= 4 is 28.5 Å². The van der Waals surface area contributed by atoms with E-state index in [9.17, 15) is 14.0 Å². The second-order valence-electron chi connectivity index (χ2n) is 8.71. The molecule has 36 heavy (non-hydrogen) atoms. The predicted molar refractivity (Wildman–Crippen MR) is 130 cm³/mol. The number of rotatable bonds is 8. The molecule has 5 rings (SSSR count). The van der Waals surface area contributed by atoms with Gasteiger partial charge in [0.2, 0.25) is 5.91 Å². The maximum atomic E-state index is 13.8. The molecule has 2 atom stereocenters. The summed E-state index contributed by atoms with van der Waals surface area (Å²) in [6.45, 7) is 2.55. The van der Waals surface area contributed by atoms with Gasteiger partial charge in [-0.2, -0.15) is 0 Å². The number of hydrogen-bond acceptors (Lipinski definition) is 6. The van der Waals surface area contributed by atoms with Gasteiger partial charge >= 0.3 is 0 Å². The Labute approximate surface area is 206 Å². The number of halogens is 1. The lowest BCUT2D eigenvalue weighted by molar-refractivity contribution is -0.127. The molecule has 4 aromatic rings. The van der Waals surface area contributed by atoms with E-state index in [0.29, 0.717) is 41.4 Å². The van der Waals surface area contributed by atoms with Crippen LogP contribution >= 0.6 is 0 Å². The Morgan fingerprint density at radius 2 is 1.97 bits per heavy atom. The van der Waals surface area contributed by atoms with Gasteiger partial charge in [-0.05, 0) is 68.3 Å². The van der Waals surface area contributed by atoms with Gasteiger partial charge in [-0.25, -0.2) is 9.07 Å². The molecular weight excluding hydrogens is 465 g/mol. The minimum absolute atomic E-state index is 0.0792. The van der Waals surface area contributed by atoms with Crippen LogP contribution < -0.4 is 10.2 Å². The first-order valence-corrected chi connectivity index (χ1v) is 11.8. The van der Waals surface area contributed by atoms with Crippen molar-refractivity contribution in [1.29, 1.82) is 0 Å². The van der Waals surface area contributed by atoms with Crippen LogP contribution in [0.2, 0.25) is 0 Å². The second-order valence-corrected chi connectivity index (χ2v) is 8.71.